The molecule has 0 aromatic carbocycles. The molecule has 0 aliphatic carbocycles. The lowest BCUT2D eigenvalue weighted by atomic mass is 9.76. The molecule has 0 atom stereocenters. The van der Waals surface area contributed by atoms with Crippen molar-refractivity contribution >= 4 is 12.0 Å². The Morgan fingerprint density at radius 1 is 1.31 bits per heavy atom. The van der Waals surface area contributed by atoms with Gasteiger partial charge in [-0.1, -0.05) is 6.92 Å². The van der Waals surface area contributed by atoms with Crippen molar-refractivity contribution in [3.8, 4) is 0 Å². The highest BCUT2D eigenvalue weighted by molar-refractivity contribution is 5.77. The molecule has 0 unspecified atom stereocenters. The fraction of sp³-hybridized carbons (Fsp3) is 0.818. The van der Waals surface area contributed by atoms with Gasteiger partial charge in [-0.05, 0) is 19.3 Å². The van der Waals surface area contributed by atoms with Gasteiger partial charge >= 0.3 is 12.0 Å². The molecule has 5 nitrogen and oxygen atoms in total. The van der Waals surface area contributed by atoms with Gasteiger partial charge in [0.15, 0.2) is 0 Å². The second-order valence-corrected chi connectivity index (χ2v) is 4.60. The molecule has 1 fully saturated rings. The molecule has 16 heavy (non-hydrogen) atoms. The quantitative estimate of drug-likeness (QED) is 0.773. The standard InChI is InChI=1S/C11H20N2O3/c1-4-11(9(14)15)5-7-13(8-6-11)10(16)12(2)3/h4-8H2,1-3H3,(H,14,15). The van der Waals surface area contributed by atoms with Gasteiger partial charge in [0.2, 0.25) is 0 Å². The van der Waals surface area contributed by atoms with Crippen molar-refractivity contribution in [3.05, 3.63) is 0 Å². The van der Waals surface area contributed by atoms with Crippen molar-refractivity contribution in [2.75, 3.05) is 27.2 Å². The summed E-state index contributed by atoms with van der Waals surface area (Å²) >= 11 is 0. The van der Waals surface area contributed by atoms with Gasteiger partial charge in [0.05, 0.1) is 5.41 Å². The van der Waals surface area contributed by atoms with E-state index < -0.39 is 11.4 Å². The summed E-state index contributed by atoms with van der Waals surface area (Å²) < 4.78 is 0. The van der Waals surface area contributed by atoms with E-state index in [0.717, 1.165) is 0 Å². The number of carbonyl (C=O) groups is 2. The summed E-state index contributed by atoms with van der Waals surface area (Å²) in [6.45, 7) is 2.98. The summed E-state index contributed by atoms with van der Waals surface area (Å²) in [4.78, 5) is 26.1. The van der Waals surface area contributed by atoms with Gasteiger partial charge < -0.3 is 14.9 Å². The number of carboxylic acid groups (broad SMARTS) is 1. The molecule has 0 spiro atoms. The van der Waals surface area contributed by atoms with Crippen LogP contribution in [0.5, 0.6) is 0 Å². The second kappa shape index (κ2) is 4.72. The van der Waals surface area contributed by atoms with E-state index in [0.29, 0.717) is 32.4 Å². The Morgan fingerprint density at radius 2 is 1.81 bits per heavy atom. The van der Waals surface area contributed by atoms with E-state index in [4.69, 9.17) is 0 Å². The molecule has 0 radical (unpaired) electrons. The Labute approximate surface area is 96.0 Å². The van der Waals surface area contributed by atoms with Crippen LogP contribution >= 0.6 is 0 Å². The molecule has 1 aliphatic heterocycles. The molecule has 0 saturated carbocycles. The SMILES string of the molecule is CCC1(C(=O)O)CCN(C(=O)N(C)C)CC1. The summed E-state index contributed by atoms with van der Waals surface area (Å²) in [5.74, 6) is -0.730. The Balaban J connectivity index is 2.63. The zero-order chi connectivity index (χ0) is 12.3. The molecular weight excluding hydrogens is 208 g/mol. The predicted octanol–water partition coefficient (Wildman–Crippen LogP) is 1.24. The number of hydrogen-bond acceptors (Lipinski definition) is 2. The van der Waals surface area contributed by atoms with E-state index in [-0.39, 0.29) is 6.03 Å². The number of likely N-dealkylation sites (tertiary alicyclic amines) is 1. The maximum Gasteiger partial charge on any atom is 0.319 e. The van der Waals surface area contributed by atoms with E-state index in [2.05, 4.69) is 0 Å². The average Bonchev–Trinajstić information content (AvgIpc) is 2.27. The Hall–Kier alpha value is -1.26. The van der Waals surface area contributed by atoms with Gasteiger partial charge in [-0.3, -0.25) is 4.79 Å². The second-order valence-electron chi connectivity index (χ2n) is 4.60. The van der Waals surface area contributed by atoms with Crippen molar-refractivity contribution < 1.29 is 14.7 Å². The maximum absolute atomic E-state index is 11.7. The van der Waals surface area contributed by atoms with Crippen LogP contribution < -0.4 is 0 Å². The third kappa shape index (κ3) is 2.28. The first-order valence-electron chi connectivity index (χ1n) is 5.62. The van der Waals surface area contributed by atoms with Crippen molar-refractivity contribution in [2.45, 2.75) is 26.2 Å². The molecule has 0 aromatic rings. The third-order valence-electron chi connectivity index (χ3n) is 3.50. The fourth-order valence-electron chi connectivity index (χ4n) is 2.13. The molecule has 1 heterocycles. The van der Waals surface area contributed by atoms with Gasteiger partial charge in [0.1, 0.15) is 0 Å². The molecular formula is C11H20N2O3. The van der Waals surface area contributed by atoms with Gasteiger partial charge in [-0.2, -0.15) is 0 Å². The molecule has 1 saturated heterocycles. The van der Waals surface area contributed by atoms with Crippen molar-refractivity contribution in [3.63, 3.8) is 0 Å². The lowest BCUT2D eigenvalue weighted by molar-refractivity contribution is -0.152. The van der Waals surface area contributed by atoms with Gasteiger partial charge in [-0.25, -0.2) is 4.79 Å². The molecule has 0 aromatic heterocycles. The molecule has 0 bridgehead atoms. The highest BCUT2D eigenvalue weighted by atomic mass is 16.4. The van der Waals surface area contributed by atoms with Crippen LogP contribution in [-0.2, 0) is 4.79 Å². The summed E-state index contributed by atoms with van der Waals surface area (Å²) in [5.41, 5.74) is -0.622. The summed E-state index contributed by atoms with van der Waals surface area (Å²) in [6, 6.07) is -0.0323. The number of piperidine rings is 1. The van der Waals surface area contributed by atoms with Gasteiger partial charge in [0.25, 0.3) is 0 Å². The first-order valence-corrected chi connectivity index (χ1v) is 5.62. The molecule has 92 valence electrons. The minimum absolute atomic E-state index is 0.0323. The third-order valence-corrected chi connectivity index (χ3v) is 3.50. The average molecular weight is 228 g/mol. The zero-order valence-corrected chi connectivity index (χ0v) is 10.2. The zero-order valence-electron chi connectivity index (χ0n) is 10.2. The Bertz CT molecular complexity index is 281. The molecule has 1 rings (SSSR count). The lowest BCUT2D eigenvalue weighted by Gasteiger charge is -2.39. The van der Waals surface area contributed by atoms with Crippen LogP contribution in [-0.4, -0.2) is 54.1 Å². The van der Waals surface area contributed by atoms with Crippen LogP contribution in [0.3, 0.4) is 0 Å². The molecule has 1 N–H and O–H groups in total. The normalized spacial score (nSPS) is 19.3. The number of carboxylic acids is 1. The molecule has 5 heteroatoms. The summed E-state index contributed by atoms with van der Waals surface area (Å²) in [5, 5.41) is 9.21. The molecule has 1 aliphatic rings. The van der Waals surface area contributed by atoms with Gasteiger partial charge in [-0.15, -0.1) is 0 Å². The fourth-order valence-corrected chi connectivity index (χ4v) is 2.13. The van der Waals surface area contributed by atoms with E-state index in [9.17, 15) is 14.7 Å². The minimum atomic E-state index is -0.730. The van der Waals surface area contributed by atoms with Crippen molar-refractivity contribution in [2.24, 2.45) is 5.41 Å². The van der Waals surface area contributed by atoms with Crippen LogP contribution in [0.4, 0.5) is 4.79 Å². The van der Waals surface area contributed by atoms with Crippen LogP contribution in [0.1, 0.15) is 26.2 Å². The Kier molecular flexibility index (Phi) is 3.78. The van der Waals surface area contributed by atoms with E-state index in [1.165, 1.54) is 4.90 Å². The van der Waals surface area contributed by atoms with Crippen molar-refractivity contribution in [1.82, 2.24) is 9.80 Å². The first kappa shape index (κ1) is 12.8. The van der Waals surface area contributed by atoms with Crippen molar-refractivity contribution in [1.29, 1.82) is 0 Å². The maximum atomic E-state index is 11.7. The largest absolute Gasteiger partial charge is 0.481 e. The van der Waals surface area contributed by atoms with E-state index in [1.54, 1.807) is 19.0 Å². The van der Waals surface area contributed by atoms with Gasteiger partial charge in [0, 0.05) is 27.2 Å². The smallest absolute Gasteiger partial charge is 0.319 e. The number of rotatable bonds is 2. The van der Waals surface area contributed by atoms with Crippen LogP contribution in [0.15, 0.2) is 0 Å². The van der Waals surface area contributed by atoms with Crippen LogP contribution in [0, 0.1) is 5.41 Å². The Morgan fingerprint density at radius 3 is 2.12 bits per heavy atom. The summed E-state index contributed by atoms with van der Waals surface area (Å²) in [6.07, 6.45) is 1.74. The number of amides is 2. The van der Waals surface area contributed by atoms with Crippen LogP contribution in [0.25, 0.3) is 0 Å². The first-order chi connectivity index (χ1) is 7.43. The number of hydrogen-bond donors (Lipinski definition) is 1. The highest BCUT2D eigenvalue weighted by Crippen LogP contribution is 2.35. The topological polar surface area (TPSA) is 60.9 Å². The summed E-state index contributed by atoms with van der Waals surface area (Å²) in [7, 11) is 3.42. The lowest BCUT2D eigenvalue weighted by Crippen LogP contribution is -2.49. The number of aliphatic carboxylic acids is 1. The molecule has 2 amide bonds. The number of carbonyl (C=O) groups excluding carboxylic acids is 1. The highest BCUT2D eigenvalue weighted by Gasteiger charge is 2.40. The predicted molar refractivity (Wildman–Crippen MR) is 60.2 cm³/mol. The monoisotopic (exact) mass is 228 g/mol. The minimum Gasteiger partial charge on any atom is -0.481 e. The number of urea groups is 1. The van der Waals surface area contributed by atoms with Crippen LogP contribution in [0.2, 0.25) is 0 Å². The van der Waals surface area contributed by atoms with E-state index >= 15 is 0 Å². The number of nitrogens with zero attached hydrogens (tertiary/aromatic N) is 2. The van der Waals surface area contributed by atoms with E-state index in [1.807, 2.05) is 6.92 Å².